The largest absolute Gasteiger partial charge is 3.00 e. The Kier molecular flexibility index (Phi) is 9.54. The van der Waals surface area contributed by atoms with Crippen molar-refractivity contribution in [3.8, 4) is 34.0 Å². The zero-order valence-corrected chi connectivity index (χ0v) is 21.2. The number of rotatable bonds is 3. The molecule has 0 unspecified atom stereocenters. The Labute approximate surface area is 211 Å². The smallest absolute Gasteiger partial charge is 0.365 e. The van der Waals surface area contributed by atoms with Crippen LogP contribution in [0.25, 0.3) is 34.0 Å². The van der Waals surface area contributed by atoms with Crippen molar-refractivity contribution in [3.05, 3.63) is 111 Å². The Hall–Kier alpha value is -3.48. The van der Waals surface area contributed by atoms with Crippen molar-refractivity contribution in [2.24, 2.45) is 14.1 Å². The van der Waals surface area contributed by atoms with E-state index in [1.54, 1.807) is 54.2 Å². The maximum atomic E-state index is 14.0. The number of hydrogen-bond acceptors (Lipinski definition) is 3. The van der Waals surface area contributed by atoms with Crippen LogP contribution in [0.4, 0.5) is 8.78 Å². The molecule has 0 saturated heterocycles. The molecule has 3 heterocycles. The molecule has 0 atom stereocenters. The molecule has 5 aromatic rings. The van der Waals surface area contributed by atoms with Gasteiger partial charge in [0, 0.05) is 45.1 Å². The number of hydrogen-bond donors (Lipinski definition) is 0. The van der Waals surface area contributed by atoms with E-state index >= 15 is 0 Å². The third-order valence-corrected chi connectivity index (χ3v) is 4.72. The number of aryl methyl sites for hydroxylation is 2. The Morgan fingerprint density at radius 3 is 1.79 bits per heavy atom. The molecule has 8 heteroatoms. The predicted octanol–water partition coefficient (Wildman–Crippen LogP) is 5.56. The van der Waals surface area contributed by atoms with Gasteiger partial charge < -0.3 is 21.5 Å². The van der Waals surface area contributed by atoms with Crippen molar-refractivity contribution in [1.82, 2.24) is 24.1 Å². The molecule has 0 amide bonds. The van der Waals surface area contributed by atoms with Gasteiger partial charge >= 0.3 is 20.1 Å². The molecule has 2 aromatic carbocycles. The molecule has 0 saturated carbocycles. The van der Waals surface area contributed by atoms with E-state index < -0.39 is 11.6 Å². The Balaban J connectivity index is 0.000000252. The first-order valence-electron chi connectivity index (χ1n) is 9.79. The maximum absolute atomic E-state index is 14.0. The topological polar surface area (TPSA) is 48.5 Å². The van der Waals surface area contributed by atoms with Gasteiger partial charge in [0.2, 0.25) is 0 Å². The van der Waals surface area contributed by atoms with Gasteiger partial charge in [-0.3, -0.25) is 18.7 Å². The van der Waals surface area contributed by atoms with Crippen LogP contribution in [0.15, 0.2) is 79.5 Å². The second-order valence-electron chi connectivity index (χ2n) is 6.93. The number of imidazole rings is 2. The van der Waals surface area contributed by atoms with Gasteiger partial charge in [0.15, 0.2) is 0 Å². The Bertz CT molecular complexity index is 1220. The third-order valence-electron chi connectivity index (χ3n) is 4.72. The van der Waals surface area contributed by atoms with Crippen LogP contribution < -0.4 is 0 Å². The maximum Gasteiger partial charge on any atom is 3.00 e. The molecule has 0 bridgehead atoms. The molecule has 0 radical (unpaired) electrons. The fourth-order valence-electron chi connectivity index (χ4n) is 3.11. The monoisotopic (exact) mass is 635 g/mol. The molecular formula is C26H22F2IrN5. The first-order valence-corrected chi connectivity index (χ1v) is 9.79. The Morgan fingerprint density at radius 1 is 0.765 bits per heavy atom. The van der Waals surface area contributed by atoms with Crippen LogP contribution in [-0.2, 0) is 34.2 Å². The number of halogens is 2. The van der Waals surface area contributed by atoms with Gasteiger partial charge in [-0.15, -0.1) is 42.0 Å². The minimum absolute atomic E-state index is 0. The second kappa shape index (κ2) is 12.1. The number of aromatic nitrogens is 5. The SMILES string of the molecule is Cn1ccnc1-c1[c-]c(-c2nccn2C)c(F)cc1F.[CH3-].[Ir+3].[c-]1ccccc1-c1ccccn1. The van der Waals surface area contributed by atoms with Crippen LogP contribution in [0, 0.1) is 31.2 Å². The van der Waals surface area contributed by atoms with Crippen molar-refractivity contribution in [1.29, 1.82) is 0 Å². The van der Waals surface area contributed by atoms with Gasteiger partial charge in [0.25, 0.3) is 0 Å². The van der Waals surface area contributed by atoms with Crippen molar-refractivity contribution in [2.75, 3.05) is 0 Å². The molecule has 34 heavy (non-hydrogen) atoms. The van der Waals surface area contributed by atoms with E-state index in [9.17, 15) is 8.78 Å². The minimum Gasteiger partial charge on any atom is -0.365 e. The number of benzene rings is 2. The van der Waals surface area contributed by atoms with E-state index in [2.05, 4.69) is 27.1 Å². The van der Waals surface area contributed by atoms with Crippen molar-refractivity contribution in [2.45, 2.75) is 0 Å². The molecule has 174 valence electrons. The molecule has 5 nitrogen and oxygen atoms in total. The van der Waals surface area contributed by atoms with Crippen LogP contribution >= 0.6 is 0 Å². The minimum atomic E-state index is -0.699. The van der Waals surface area contributed by atoms with Crippen molar-refractivity contribution in [3.63, 3.8) is 0 Å². The van der Waals surface area contributed by atoms with Crippen LogP contribution in [0.3, 0.4) is 0 Å². The van der Waals surface area contributed by atoms with Crippen LogP contribution in [0.5, 0.6) is 0 Å². The summed E-state index contributed by atoms with van der Waals surface area (Å²) in [6.07, 6.45) is 8.26. The quantitative estimate of drug-likeness (QED) is 0.244. The number of pyridine rings is 1. The van der Waals surface area contributed by atoms with E-state index in [4.69, 9.17) is 0 Å². The molecule has 0 aliphatic rings. The summed E-state index contributed by atoms with van der Waals surface area (Å²) in [4.78, 5) is 12.3. The summed E-state index contributed by atoms with van der Waals surface area (Å²) in [5.74, 6) is -0.625. The second-order valence-corrected chi connectivity index (χ2v) is 6.93. The van der Waals surface area contributed by atoms with Gasteiger partial charge in [-0.25, -0.2) is 0 Å². The van der Waals surface area contributed by atoms with E-state index in [1.807, 2.05) is 42.5 Å². The summed E-state index contributed by atoms with van der Waals surface area (Å²) in [6, 6.07) is 20.4. The predicted molar refractivity (Wildman–Crippen MR) is 125 cm³/mol. The molecule has 0 fully saturated rings. The van der Waals surface area contributed by atoms with Crippen molar-refractivity contribution >= 4 is 0 Å². The summed E-state index contributed by atoms with van der Waals surface area (Å²) < 4.78 is 31.2. The standard InChI is InChI=1S/C14H11F2N4.C11H8N.CH3.Ir/c1-19-5-3-17-13(19)9-7-10(12(16)8-11(9)15)14-18-4-6-20(14)2;1-2-6-10(7-3-1)11-8-4-5-9-12-11;;/h3-6,8H,1-2H3;1-6,8-9H;1H3;/q3*-1;+3. The molecule has 5 rings (SSSR count). The zero-order valence-electron chi connectivity index (χ0n) is 18.8. The van der Waals surface area contributed by atoms with Crippen molar-refractivity contribution < 1.29 is 28.9 Å². The summed E-state index contributed by atoms with van der Waals surface area (Å²) in [5, 5.41) is 0. The average Bonchev–Trinajstić information content (AvgIpc) is 3.44. The molecule has 3 aromatic heterocycles. The van der Waals surface area contributed by atoms with Gasteiger partial charge in [-0.1, -0.05) is 18.2 Å². The van der Waals surface area contributed by atoms with Gasteiger partial charge in [0.05, 0.1) is 23.3 Å². The fraction of sp³-hybridized carbons (Fsp3) is 0.0769. The van der Waals surface area contributed by atoms with Crippen LogP contribution in [-0.4, -0.2) is 24.1 Å². The van der Waals surface area contributed by atoms with Crippen LogP contribution in [0.2, 0.25) is 0 Å². The summed E-state index contributed by atoms with van der Waals surface area (Å²) in [7, 11) is 3.47. The van der Waals surface area contributed by atoms with E-state index in [0.29, 0.717) is 11.6 Å². The summed E-state index contributed by atoms with van der Waals surface area (Å²) in [6.45, 7) is 0. The average molecular weight is 635 g/mol. The van der Waals surface area contributed by atoms with Gasteiger partial charge in [0.1, 0.15) is 0 Å². The third kappa shape index (κ3) is 5.90. The van der Waals surface area contributed by atoms with E-state index in [-0.39, 0.29) is 38.7 Å². The molecule has 0 spiro atoms. The molecular weight excluding hydrogens is 613 g/mol. The fourth-order valence-corrected chi connectivity index (χ4v) is 3.11. The number of nitrogens with zero attached hydrogens (tertiary/aromatic N) is 5. The first-order chi connectivity index (χ1) is 15.5. The Morgan fingerprint density at radius 2 is 1.35 bits per heavy atom. The zero-order chi connectivity index (χ0) is 22.5. The first kappa shape index (κ1) is 26.8. The van der Waals surface area contributed by atoms with E-state index in [0.717, 1.165) is 17.3 Å². The van der Waals surface area contributed by atoms with Crippen LogP contribution in [0.1, 0.15) is 0 Å². The molecule has 0 aliphatic heterocycles. The summed E-state index contributed by atoms with van der Waals surface area (Å²) in [5.41, 5.74) is 2.25. The summed E-state index contributed by atoms with van der Waals surface area (Å²) >= 11 is 0. The molecule has 0 aliphatic carbocycles. The van der Waals surface area contributed by atoms with Gasteiger partial charge in [-0.05, 0) is 22.9 Å². The molecule has 0 N–H and O–H groups in total. The van der Waals surface area contributed by atoms with E-state index in [1.165, 1.54) is 0 Å². The van der Waals surface area contributed by atoms with Gasteiger partial charge in [-0.2, -0.15) is 0 Å². The normalized spacial score (nSPS) is 9.88.